The number of pyridine rings is 2. The minimum Gasteiger partial charge on any atom is -0.488 e. The molecule has 2 aliphatic rings. The highest BCUT2D eigenvalue weighted by Gasteiger charge is 2.45. The molecule has 2 aliphatic heterocycles. The van der Waals surface area contributed by atoms with E-state index < -0.39 is 10.9 Å². The molecular weight excluding hydrogens is 590 g/mol. The molecule has 2 fully saturated rings. The first-order valence-electron chi connectivity index (χ1n) is 16.1. The van der Waals surface area contributed by atoms with Crippen LogP contribution in [0.1, 0.15) is 25.3 Å². The van der Waals surface area contributed by atoms with Crippen molar-refractivity contribution in [2.75, 3.05) is 43.4 Å². The monoisotopic (exact) mass is 625 g/mol. The van der Waals surface area contributed by atoms with Gasteiger partial charge in [0.1, 0.15) is 17.0 Å². The molecule has 47 heavy (non-hydrogen) atoms. The molecule has 10 nitrogen and oxygen atoms in total. The number of piperidine rings is 1. The molecule has 3 aromatic carbocycles. The molecular formula is C37H35N7O3. The average Bonchev–Trinajstić information content (AvgIpc) is 3.47. The molecule has 0 unspecified atom stereocenters. The lowest BCUT2D eigenvalue weighted by atomic mass is 9.71. The molecule has 0 amide bonds. The molecule has 236 valence electrons. The third-order valence-electron chi connectivity index (χ3n) is 9.64. The van der Waals surface area contributed by atoms with Crippen molar-refractivity contribution in [1.29, 1.82) is 0 Å². The van der Waals surface area contributed by atoms with E-state index in [9.17, 15) is 9.59 Å². The van der Waals surface area contributed by atoms with Gasteiger partial charge in [0.2, 0.25) is 0 Å². The summed E-state index contributed by atoms with van der Waals surface area (Å²) in [5.41, 5.74) is 12.6. The molecule has 2 N–H and O–H groups in total. The zero-order valence-electron chi connectivity index (χ0n) is 26.2. The van der Waals surface area contributed by atoms with Crippen LogP contribution in [0.4, 0.5) is 11.5 Å². The van der Waals surface area contributed by atoms with Gasteiger partial charge in [-0.3, -0.25) is 19.1 Å². The largest absolute Gasteiger partial charge is 0.488 e. The van der Waals surface area contributed by atoms with E-state index >= 15 is 0 Å². The number of hydrogen-bond acceptors (Lipinski definition) is 9. The lowest BCUT2D eigenvalue weighted by Crippen LogP contribution is -2.60. The first-order valence-corrected chi connectivity index (χ1v) is 16.1. The highest BCUT2D eigenvalue weighted by atomic mass is 16.5. The fourth-order valence-electron chi connectivity index (χ4n) is 7.23. The molecule has 5 heterocycles. The summed E-state index contributed by atoms with van der Waals surface area (Å²) in [7, 11) is 0. The second-order valence-corrected chi connectivity index (χ2v) is 12.7. The first-order chi connectivity index (χ1) is 22.9. The number of aromatic nitrogens is 4. The minimum atomic E-state index is -0.491. The maximum absolute atomic E-state index is 12.2. The summed E-state index contributed by atoms with van der Waals surface area (Å²) in [6.45, 7) is 6.67. The number of anilines is 2. The topological polar surface area (TPSA) is 119 Å². The first kappa shape index (κ1) is 29.1. The van der Waals surface area contributed by atoms with E-state index in [1.807, 2.05) is 54.3 Å². The van der Waals surface area contributed by atoms with Crippen molar-refractivity contribution in [2.24, 2.45) is 5.41 Å². The quantitative estimate of drug-likeness (QED) is 0.237. The molecule has 1 spiro atoms. The van der Waals surface area contributed by atoms with Gasteiger partial charge in [-0.2, -0.15) is 0 Å². The van der Waals surface area contributed by atoms with Crippen LogP contribution in [0.5, 0.6) is 5.75 Å². The molecule has 8 rings (SSSR count). The van der Waals surface area contributed by atoms with Crippen LogP contribution in [0, 0.1) is 5.41 Å². The molecule has 0 radical (unpaired) electrons. The number of nitrogens with zero attached hydrogens (tertiary/aromatic N) is 6. The fourth-order valence-corrected chi connectivity index (χ4v) is 7.23. The van der Waals surface area contributed by atoms with Crippen LogP contribution >= 0.6 is 0 Å². The van der Waals surface area contributed by atoms with Crippen LogP contribution in [0.3, 0.4) is 0 Å². The predicted octanol–water partition coefficient (Wildman–Crippen LogP) is 4.83. The van der Waals surface area contributed by atoms with E-state index in [4.69, 9.17) is 20.4 Å². The Bertz CT molecular complexity index is 2150. The Labute approximate surface area is 271 Å². The van der Waals surface area contributed by atoms with Crippen LogP contribution in [-0.2, 0) is 6.54 Å². The maximum Gasteiger partial charge on any atom is 0.272 e. The SMILES string of the molecule is CCOc1c(N2CCC3(CC2)CN(Cc2ccc(-n4c(-c5cccnc5N)nc5ccc(-c6ccccc6)nc54)cc2)C3)c(=O)c1=O. The number of benzene rings is 2. The molecule has 3 aromatic heterocycles. The predicted molar refractivity (Wildman–Crippen MR) is 184 cm³/mol. The van der Waals surface area contributed by atoms with Gasteiger partial charge in [-0.1, -0.05) is 42.5 Å². The van der Waals surface area contributed by atoms with Crippen LogP contribution in [-0.4, -0.2) is 57.2 Å². The van der Waals surface area contributed by atoms with Gasteiger partial charge in [0.15, 0.2) is 17.2 Å². The Kier molecular flexibility index (Phi) is 7.10. The zero-order chi connectivity index (χ0) is 32.1. The average molecular weight is 626 g/mol. The molecule has 0 saturated carbocycles. The third kappa shape index (κ3) is 5.05. The van der Waals surface area contributed by atoms with E-state index in [1.165, 1.54) is 5.56 Å². The summed E-state index contributed by atoms with van der Waals surface area (Å²) < 4.78 is 7.52. The maximum atomic E-state index is 12.2. The Balaban J connectivity index is 1.00. The number of ether oxygens (including phenoxy) is 1. The van der Waals surface area contributed by atoms with E-state index in [0.717, 1.165) is 79.2 Å². The molecule has 0 bridgehead atoms. The molecule has 0 atom stereocenters. The van der Waals surface area contributed by atoms with Crippen LogP contribution in [0.15, 0.2) is 94.6 Å². The Morgan fingerprint density at radius 2 is 1.64 bits per heavy atom. The van der Waals surface area contributed by atoms with E-state index in [0.29, 0.717) is 23.9 Å². The van der Waals surface area contributed by atoms with Crippen molar-refractivity contribution in [3.8, 4) is 34.1 Å². The second kappa shape index (κ2) is 11.5. The Morgan fingerprint density at radius 1 is 0.872 bits per heavy atom. The number of rotatable bonds is 8. The minimum absolute atomic E-state index is 0.249. The summed E-state index contributed by atoms with van der Waals surface area (Å²) in [6, 6.07) is 26.5. The molecule has 0 aliphatic carbocycles. The van der Waals surface area contributed by atoms with E-state index in [1.54, 1.807) is 6.20 Å². The summed E-state index contributed by atoms with van der Waals surface area (Å²) >= 11 is 0. The summed E-state index contributed by atoms with van der Waals surface area (Å²) in [6.07, 6.45) is 3.68. The molecule has 6 aromatic rings. The van der Waals surface area contributed by atoms with Crippen molar-refractivity contribution < 1.29 is 4.74 Å². The van der Waals surface area contributed by atoms with Gasteiger partial charge in [0, 0.05) is 50.2 Å². The van der Waals surface area contributed by atoms with Crippen molar-refractivity contribution in [3.63, 3.8) is 0 Å². The number of hydrogen-bond donors (Lipinski definition) is 1. The summed E-state index contributed by atoms with van der Waals surface area (Å²) in [4.78, 5) is 43.1. The number of likely N-dealkylation sites (tertiary alicyclic amines) is 1. The van der Waals surface area contributed by atoms with Crippen LogP contribution in [0.2, 0.25) is 0 Å². The third-order valence-corrected chi connectivity index (χ3v) is 9.64. The molecule has 10 heteroatoms. The number of nitrogen functional groups attached to an aromatic ring is 1. The van der Waals surface area contributed by atoms with Gasteiger partial charge in [-0.25, -0.2) is 15.0 Å². The van der Waals surface area contributed by atoms with Gasteiger partial charge < -0.3 is 15.4 Å². The fraction of sp³-hybridized carbons (Fsp3) is 0.270. The van der Waals surface area contributed by atoms with Crippen molar-refractivity contribution in [2.45, 2.75) is 26.3 Å². The number of nitrogens with two attached hydrogens (primary N) is 1. The lowest BCUT2D eigenvalue weighted by molar-refractivity contribution is -0.0241. The van der Waals surface area contributed by atoms with Gasteiger partial charge in [-0.05, 0) is 67.1 Å². The van der Waals surface area contributed by atoms with Crippen LogP contribution in [0.25, 0.3) is 39.5 Å². The normalized spacial score (nSPS) is 16.1. The number of imidazole rings is 1. The van der Waals surface area contributed by atoms with Crippen molar-refractivity contribution in [3.05, 3.63) is 111 Å². The summed E-state index contributed by atoms with van der Waals surface area (Å²) in [5, 5.41) is 0. The van der Waals surface area contributed by atoms with Crippen molar-refractivity contribution in [1.82, 2.24) is 24.4 Å². The zero-order valence-corrected chi connectivity index (χ0v) is 26.2. The van der Waals surface area contributed by atoms with Gasteiger partial charge in [0.25, 0.3) is 10.9 Å². The van der Waals surface area contributed by atoms with Crippen molar-refractivity contribution >= 4 is 22.7 Å². The van der Waals surface area contributed by atoms with Gasteiger partial charge >= 0.3 is 0 Å². The standard InChI is InChI=1S/C37H35N7O3/c1-2-47-33-30(31(45)32(33)46)43-19-16-37(17-20-43)22-42(23-37)21-24-10-12-26(13-11-24)44-35(27-9-6-18-39-34(27)38)41-29-15-14-28(40-36(29)44)25-7-4-3-5-8-25/h3-15,18H,2,16-17,19-23H2,1H3,(H2,38,39). The highest BCUT2D eigenvalue weighted by Crippen LogP contribution is 2.42. The smallest absolute Gasteiger partial charge is 0.272 e. The lowest BCUT2D eigenvalue weighted by Gasteiger charge is -2.54. The highest BCUT2D eigenvalue weighted by molar-refractivity contribution is 5.84. The Hall–Kier alpha value is -5.35. The Morgan fingerprint density at radius 3 is 2.36 bits per heavy atom. The second-order valence-electron chi connectivity index (χ2n) is 12.7. The van der Waals surface area contributed by atoms with Gasteiger partial charge in [0.05, 0.1) is 17.9 Å². The van der Waals surface area contributed by atoms with Crippen LogP contribution < -0.4 is 26.2 Å². The molecule has 2 saturated heterocycles. The summed E-state index contributed by atoms with van der Waals surface area (Å²) in [5.74, 6) is 1.36. The number of fused-ring (bicyclic) bond motifs is 1. The van der Waals surface area contributed by atoms with Gasteiger partial charge in [-0.15, -0.1) is 0 Å². The van der Waals surface area contributed by atoms with E-state index in [2.05, 4.69) is 50.8 Å². The van der Waals surface area contributed by atoms with E-state index in [-0.39, 0.29) is 11.2 Å².